The summed E-state index contributed by atoms with van der Waals surface area (Å²) in [5.74, 6) is -1.63. The summed E-state index contributed by atoms with van der Waals surface area (Å²) in [6.07, 6.45) is 0. The Hall–Kier alpha value is 0.482. The van der Waals surface area contributed by atoms with E-state index in [1.165, 1.54) is 0 Å². The summed E-state index contributed by atoms with van der Waals surface area (Å²) in [6.45, 7) is 0. The maximum atomic E-state index is 9.76. The third kappa shape index (κ3) is 14.5. The minimum absolute atomic E-state index is 0. The van der Waals surface area contributed by atoms with Crippen molar-refractivity contribution in [3.05, 3.63) is 0 Å². The first-order valence-corrected chi connectivity index (χ1v) is 4.81. The summed E-state index contributed by atoms with van der Waals surface area (Å²) in [4.78, 5) is 19.5. The molecule has 0 bridgehead atoms. The molecule has 0 unspecified atom stereocenters. The molecule has 0 aromatic heterocycles. The predicted molar refractivity (Wildman–Crippen MR) is 58.9 cm³/mol. The minimum atomic E-state index is -1.00. The van der Waals surface area contributed by atoms with Crippen molar-refractivity contribution in [2.45, 2.75) is 12.1 Å². The van der Waals surface area contributed by atoms with Gasteiger partial charge in [-0.2, -0.15) is 25.3 Å². The standard InChI is InChI=1S/2C3H7NO2S.Cd/c2*4-2(1-7)3(5)6;/h2*2,7H,1,4H2,(H,5,6);/t2*2-;/m00./s1. The molecule has 0 amide bonds. The second kappa shape index (κ2) is 12.6. The van der Waals surface area contributed by atoms with Gasteiger partial charge in [-0.05, 0) is 0 Å². The molecule has 9 heteroatoms. The van der Waals surface area contributed by atoms with Gasteiger partial charge in [-0.1, -0.05) is 0 Å². The predicted octanol–water partition coefficient (Wildman–Crippen LogP) is -1.35. The second-order valence-electron chi connectivity index (χ2n) is 2.25. The van der Waals surface area contributed by atoms with Crippen LogP contribution in [-0.2, 0) is 36.9 Å². The number of hydrogen-bond acceptors (Lipinski definition) is 6. The Morgan fingerprint density at radius 1 is 1.00 bits per heavy atom. The van der Waals surface area contributed by atoms with Crippen LogP contribution in [0.3, 0.4) is 0 Å². The molecule has 0 rings (SSSR count). The number of nitrogens with two attached hydrogens (primary N) is 2. The van der Waals surface area contributed by atoms with Gasteiger partial charge < -0.3 is 21.7 Å². The van der Waals surface area contributed by atoms with Crippen LogP contribution in [0.2, 0.25) is 0 Å². The maximum absolute atomic E-state index is 9.76. The van der Waals surface area contributed by atoms with E-state index in [0.717, 1.165) is 0 Å². The summed E-state index contributed by atoms with van der Waals surface area (Å²) in [5, 5.41) is 16.0. The maximum Gasteiger partial charge on any atom is 0.321 e. The van der Waals surface area contributed by atoms with E-state index < -0.39 is 24.0 Å². The topological polar surface area (TPSA) is 127 Å². The quantitative estimate of drug-likeness (QED) is 0.274. The molecule has 2 atom stereocenters. The molecule has 0 fully saturated rings. The van der Waals surface area contributed by atoms with E-state index in [0.29, 0.717) is 0 Å². The van der Waals surface area contributed by atoms with Gasteiger partial charge in [-0.15, -0.1) is 0 Å². The number of carboxylic acids is 2. The Morgan fingerprint density at radius 3 is 1.20 bits per heavy atom. The molecular weight excluding hydrogens is 341 g/mol. The number of carbonyl (C=O) groups is 2. The van der Waals surface area contributed by atoms with Crippen molar-refractivity contribution in [1.29, 1.82) is 0 Å². The van der Waals surface area contributed by atoms with E-state index in [-0.39, 0.29) is 38.8 Å². The van der Waals surface area contributed by atoms with Gasteiger partial charge >= 0.3 is 11.9 Å². The summed E-state index contributed by atoms with van der Waals surface area (Å²) in [7, 11) is 0. The monoisotopic (exact) mass is 356 g/mol. The molecule has 6 nitrogen and oxygen atoms in total. The Morgan fingerprint density at radius 2 is 1.20 bits per heavy atom. The first-order valence-electron chi connectivity index (χ1n) is 3.55. The molecule has 0 saturated carbocycles. The van der Waals surface area contributed by atoms with E-state index in [1.807, 2.05) is 0 Å². The molecule has 0 heterocycles. The summed E-state index contributed by atoms with van der Waals surface area (Å²) in [5.41, 5.74) is 9.88. The van der Waals surface area contributed by atoms with Gasteiger partial charge in [-0.3, -0.25) is 9.59 Å². The van der Waals surface area contributed by atoms with Gasteiger partial charge in [0.05, 0.1) is 0 Å². The van der Waals surface area contributed by atoms with Crippen molar-refractivity contribution >= 4 is 37.2 Å². The molecule has 6 N–H and O–H groups in total. The smallest absolute Gasteiger partial charge is 0.321 e. The zero-order chi connectivity index (χ0) is 11.7. The molecule has 0 radical (unpaired) electrons. The van der Waals surface area contributed by atoms with Gasteiger partial charge in [0.1, 0.15) is 12.1 Å². The number of thiol groups is 2. The fraction of sp³-hybridized carbons (Fsp3) is 0.667. The summed E-state index contributed by atoms with van der Waals surface area (Å²) in [6, 6.07) is -1.63. The Kier molecular flexibility index (Phi) is 17.4. The molecule has 0 aliphatic heterocycles. The van der Waals surface area contributed by atoms with Crippen molar-refractivity contribution in [3.8, 4) is 0 Å². The Labute approximate surface area is 119 Å². The molecular formula is C6H14CdN2O4S2. The molecule has 86 valence electrons. The normalized spacial score (nSPS) is 12.5. The number of rotatable bonds is 4. The van der Waals surface area contributed by atoms with Crippen LogP contribution in [0.4, 0.5) is 0 Å². The molecule has 15 heavy (non-hydrogen) atoms. The Bertz CT molecular complexity index is 176. The zero-order valence-electron chi connectivity index (χ0n) is 8.04. The van der Waals surface area contributed by atoms with Crippen LogP contribution in [0.25, 0.3) is 0 Å². The van der Waals surface area contributed by atoms with Crippen LogP contribution < -0.4 is 11.5 Å². The third-order valence-corrected chi connectivity index (χ3v) is 1.81. The second-order valence-corrected chi connectivity index (χ2v) is 2.98. The number of aliphatic carboxylic acids is 2. The first kappa shape index (κ1) is 20.8. The van der Waals surface area contributed by atoms with Crippen LogP contribution in [0, 0.1) is 0 Å². The van der Waals surface area contributed by atoms with Crippen molar-refractivity contribution < 1.29 is 47.1 Å². The number of hydrogen-bond donors (Lipinski definition) is 6. The Balaban J connectivity index is -0.000000180. The van der Waals surface area contributed by atoms with E-state index in [9.17, 15) is 9.59 Å². The zero-order valence-corrected chi connectivity index (χ0v) is 13.9. The van der Waals surface area contributed by atoms with Crippen LogP contribution in [0.15, 0.2) is 0 Å². The fourth-order valence-electron chi connectivity index (χ4n) is 0.156. The van der Waals surface area contributed by atoms with Crippen molar-refractivity contribution in [2.24, 2.45) is 11.5 Å². The van der Waals surface area contributed by atoms with E-state index in [2.05, 4.69) is 25.3 Å². The molecule has 0 saturated heterocycles. The largest absolute Gasteiger partial charge is 0.480 e. The van der Waals surface area contributed by atoms with E-state index >= 15 is 0 Å². The molecule has 0 aliphatic carbocycles. The average molecular weight is 355 g/mol. The van der Waals surface area contributed by atoms with Gasteiger partial charge in [0, 0.05) is 38.8 Å². The van der Waals surface area contributed by atoms with Crippen LogP contribution >= 0.6 is 25.3 Å². The van der Waals surface area contributed by atoms with Gasteiger partial charge in [-0.25, -0.2) is 0 Å². The average Bonchev–Trinajstić information content (AvgIpc) is 2.15. The molecule has 0 spiro atoms. The van der Waals surface area contributed by atoms with E-state index in [4.69, 9.17) is 21.7 Å². The van der Waals surface area contributed by atoms with Crippen LogP contribution in [-0.4, -0.2) is 45.7 Å². The van der Waals surface area contributed by atoms with Gasteiger partial charge in [0.15, 0.2) is 0 Å². The first-order chi connectivity index (χ1) is 6.36. The molecule has 0 aromatic rings. The van der Waals surface area contributed by atoms with Crippen LogP contribution in [0.5, 0.6) is 0 Å². The van der Waals surface area contributed by atoms with Crippen molar-refractivity contribution in [2.75, 3.05) is 11.5 Å². The van der Waals surface area contributed by atoms with Crippen molar-refractivity contribution in [3.63, 3.8) is 0 Å². The van der Waals surface area contributed by atoms with Crippen LogP contribution in [0.1, 0.15) is 0 Å². The number of carboxylic acid groups (broad SMARTS) is 2. The van der Waals surface area contributed by atoms with E-state index in [1.54, 1.807) is 0 Å². The summed E-state index contributed by atoms with van der Waals surface area (Å²) >= 11 is 7.30. The van der Waals surface area contributed by atoms with Gasteiger partial charge in [0.25, 0.3) is 0 Å². The third-order valence-electron chi connectivity index (χ3n) is 1.03. The van der Waals surface area contributed by atoms with Crippen molar-refractivity contribution in [1.82, 2.24) is 0 Å². The van der Waals surface area contributed by atoms with Gasteiger partial charge in [0.2, 0.25) is 0 Å². The SMILES string of the molecule is N[C@@H](CS)C(=O)O.N[C@@H](CS)C(=O)O.[Cd]. The summed E-state index contributed by atoms with van der Waals surface area (Å²) < 4.78 is 0. The fourth-order valence-corrected chi connectivity index (χ4v) is 0.469. The molecule has 0 aliphatic rings. The minimum Gasteiger partial charge on any atom is -0.480 e. The molecule has 0 aromatic carbocycles.